The fourth-order valence-corrected chi connectivity index (χ4v) is 4.87. The third-order valence-electron chi connectivity index (χ3n) is 4.96. The van der Waals surface area contributed by atoms with Crippen LogP contribution in [-0.2, 0) is 31.2 Å². The van der Waals surface area contributed by atoms with Crippen LogP contribution in [0.4, 0.5) is 5.69 Å². The van der Waals surface area contributed by atoms with Crippen LogP contribution < -0.4 is 10.1 Å². The summed E-state index contributed by atoms with van der Waals surface area (Å²) in [6.45, 7) is 8.20. The number of aryl methyl sites for hydroxylation is 3. The second kappa shape index (κ2) is 9.73. The topological polar surface area (TPSA) is 86.8 Å². The summed E-state index contributed by atoms with van der Waals surface area (Å²) in [5.74, 6) is 0.673. The average Bonchev–Trinajstić information content (AvgIpc) is 2.70. The van der Waals surface area contributed by atoms with E-state index in [1.54, 1.807) is 13.8 Å². The van der Waals surface area contributed by atoms with E-state index in [4.69, 9.17) is 18.8 Å². The Labute approximate surface area is 177 Å². The van der Waals surface area contributed by atoms with Crippen molar-refractivity contribution < 1.29 is 23.1 Å². The third kappa shape index (κ3) is 5.48. The van der Waals surface area contributed by atoms with Gasteiger partial charge in [-0.1, -0.05) is 0 Å². The monoisotopic (exact) mass is 432 g/mol. The molecule has 3 rings (SSSR count). The highest BCUT2D eigenvalue weighted by atomic mass is 31.2. The molecule has 1 aliphatic heterocycles. The first-order valence-corrected chi connectivity index (χ1v) is 12.0. The fourth-order valence-electron chi connectivity index (χ4n) is 3.55. The number of ether oxygens (including phenoxy) is 1. The van der Waals surface area contributed by atoms with E-state index in [9.17, 15) is 9.36 Å². The lowest BCUT2D eigenvalue weighted by atomic mass is 9.97. The van der Waals surface area contributed by atoms with Crippen LogP contribution in [-0.4, -0.2) is 30.5 Å². The van der Waals surface area contributed by atoms with Crippen LogP contribution in [0.1, 0.15) is 48.3 Å². The molecule has 0 saturated heterocycles. The molecular weight excluding hydrogens is 403 g/mol. The van der Waals surface area contributed by atoms with Gasteiger partial charge in [-0.25, -0.2) is 0 Å². The average molecular weight is 432 g/mol. The predicted molar refractivity (Wildman–Crippen MR) is 116 cm³/mol. The summed E-state index contributed by atoms with van der Waals surface area (Å²) in [4.78, 5) is 16.3. The smallest absolute Gasteiger partial charge is 0.367 e. The van der Waals surface area contributed by atoms with E-state index >= 15 is 0 Å². The molecule has 8 heteroatoms. The molecule has 2 heterocycles. The van der Waals surface area contributed by atoms with Gasteiger partial charge in [0.05, 0.1) is 24.6 Å². The number of nitrogens with one attached hydrogen (secondary N) is 1. The third-order valence-corrected chi connectivity index (χ3v) is 6.71. The number of anilines is 1. The van der Waals surface area contributed by atoms with Crippen molar-refractivity contribution in [3.63, 3.8) is 0 Å². The van der Waals surface area contributed by atoms with Gasteiger partial charge >= 0.3 is 7.60 Å². The summed E-state index contributed by atoms with van der Waals surface area (Å²) in [6, 6.07) is 7.75. The van der Waals surface area contributed by atoms with E-state index in [2.05, 4.69) is 5.32 Å². The predicted octanol–water partition coefficient (Wildman–Crippen LogP) is 4.78. The van der Waals surface area contributed by atoms with Gasteiger partial charge in [-0.3, -0.25) is 14.3 Å². The molecule has 0 saturated carbocycles. The number of amides is 1. The first kappa shape index (κ1) is 22.5. The normalized spacial score (nSPS) is 13.7. The van der Waals surface area contributed by atoms with E-state index in [0.717, 1.165) is 28.2 Å². The van der Waals surface area contributed by atoms with Crippen molar-refractivity contribution in [3.05, 3.63) is 52.3 Å². The zero-order valence-corrected chi connectivity index (χ0v) is 18.9. The van der Waals surface area contributed by atoms with E-state index in [1.807, 2.05) is 38.1 Å². The SMILES string of the molecule is CCOP(=O)(COc1cc(C)c(Cc2ccc3c(n2)CCC(=O)N3)c(C)c1)OCC. The van der Waals surface area contributed by atoms with Crippen molar-refractivity contribution >= 4 is 19.2 Å². The van der Waals surface area contributed by atoms with Crippen LogP contribution in [0.2, 0.25) is 0 Å². The van der Waals surface area contributed by atoms with Crippen molar-refractivity contribution in [2.45, 2.75) is 47.0 Å². The number of carbonyl (C=O) groups is 1. The summed E-state index contributed by atoms with van der Waals surface area (Å²) in [7, 11) is -3.26. The number of rotatable bonds is 9. The van der Waals surface area contributed by atoms with E-state index < -0.39 is 7.60 Å². The molecule has 162 valence electrons. The Morgan fingerprint density at radius 2 is 1.73 bits per heavy atom. The first-order chi connectivity index (χ1) is 14.3. The van der Waals surface area contributed by atoms with Crippen molar-refractivity contribution in [1.82, 2.24) is 4.98 Å². The Kier molecular flexibility index (Phi) is 7.29. The molecule has 30 heavy (non-hydrogen) atoms. The molecule has 1 aromatic carbocycles. The Hall–Kier alpha value is -2.21. The van der Waals surface area contributed by atoms with Crippen molar-refractivity contribution in [1.29, 1.82) is 0 Å². The summed E-state index contributed by atoms with van der Waals surface area (Å²) < 4.78 is 28.9. The molecule has 0 aliphatic carbocycles. The van der Waals surface area contributed by atoms with Gasteiger partial charge in [0.15, 0.2) is 6.35 Å². The molecule has 7 nitrogen and oxygen atoms in total. The largest absolute Gasteiger partial charge is 0.481 e. The molecule has 1 aromatic heterocycles. The standard InChI is InChI=1S/C22H29N2O5P/c1-5-28-30(26,29-6-2)14-27-18-11-15(3)19(16(4)12-18)13-17-7-8-21-20(23-17)9-10-22(25)24-21/h7-8,11-12H,5-6,9-10,13-14H2,1-4H3,(H,24,25). The Balaban J connectivity index is 1.73. The number of carbonyl (C=O) groups excluding carboxylic acids is 1. The molecule has 0 unspecified atom stereocenters. The molecule has 1 N–H and O–H groups in total. The number of fused-ring (bicyclic) bond motifs is 1. The highest BCUT2D eigenvalue weighted by molar-refractivity contribution is 7.53. The second-order valence-corrected chi connectivity index (χ2v) is 9.27. The van der Waals surface area contributed by atoms with Crippen LogP contribution in [0.3, 0.4) is 0 Å². The minimum atomic E-state index is -3.26. The van der Waals surface area contributed by atoms with Gasteiger partial charge in [0.2, 0.25) is 5.91 Å². The van der Waals surface area contributed by atoms with Gasteiger partial charge in [0.1, 0.15) is 5.75 Å². The number of hydrogen-bond donors (Lipinski definition) is 1. The number of benzene rings is 1. The number of nitrogens with zero attached hydrogens (tertiary/aromatic N) is 1. The van der Waals surface area contributed by atoms with E-state index in [-0.39, 0.29) is 12.3 Å². The van der Waals surface area contributed by atoms with Crippen LogP contribution >= 0.6 is 7.60 Å². The minimum Gasteiger partial charge on any atom is -0.481 e. The minimum absolute atomic E-state index is 0.0394. The maximum absolute atomic E-state index is 12.6. The summed E-state index contributed by atoms with van der Waals surface area (Å²) in [6.07, 6.45) is 1.71. The highest BCUT2D eigenvalue weighted by Gasteiger charge is 2.25. The van der Waals surface area contributed by atoms with Gasteiger partial charge in [0.25, 0.3) is 0 Å². The molecule has 0 spiro atoms. The lowest BCUT2D eigenvalue weighted by Crippen LogP contribution is -2.20. The lowest BCUT2D eigenvalue weighted by Gasteiger charge is -2.19. The summed E-state index contributed by atoms with van der Waals surface area (Å²) in [5.41, 5.74) is 6.01. The molecule has 0 fully saturated rings. The van der Waals surface area contributed by atoms with Crippen LogP contribution in [0.25, 0.3) is 0 Å². The molecular formula is C22H29N2O5P. The highest BCUT2D eigenvalue weighted by Crippen LogP contribution is 2.48. The van der Waals surface area contributed by atoms with Gasteiger partial charge < -0.3 is 19.1 Å². The Morgan fingerprint density at radius 3 is 2.37 bits per heavy atom. The summed E-state index contributed by atoms with van der Waals surface area (Å²) >= 11 is 0. The Morgan fingerprint density at radius 1 is 1.07 bits per heavy atom. The first-order valence-electron chi connectivity index (χ1n) is 10.2. The van der Waals surface area contributed by atoms with Gasteiger partial charge in [-0.05, 0) is 68.7 Å². The Bertz CT molecular complexity index is 943. The van der Waals surface area contributed by atoms with Crippen LogP contribution in [0.15, 0.2) is 24.3 Å². The number of aromatic nitrogens is 1. The molecule has 2 aromatic rings. The molecule has 0 radical (unpaired) electrons. The van der Waals surface area contributed by atoms with Crippen molar-refractivity contribution in [2.75, 3.05) is 24.9 Å². The molecule has 0 atom stereocenters. The molecule has 1 amide bonds. The van der Waals surface area contributed by atoms with Gasteiger partial charge in [0, 0.05) is 25.0 Å². The van der Waals surface area contributed by atoms with Crippen molar-refractivity contribution in [3.8, 4) is 5.75 Å². The summed E-state index contributed by atoms with van der Waals surface area (Å²) in [5, 5.41) is 2.86. The zero-order valence-electron chi connectivity index (χ0n) is 18.0. The fraction of sp³-hybridized carbons (Fsp3) is 0.455. The quantitative estimate of drug-likeness (QED) is 0.574. The number of pyridine rings is 1. The van der Waals surface area contributed by atoms with Gasteiger partial charge in [-0.15, -0.1) is 0 Å². The lowest BCUT2D eigenvalue weighted by molar-refractivity contribution is -0.116. The van der Waals surface area contributed by atoms with Crippen molar-refractivity contribution in [2.24, 2.45) is 0 Å². The van der Waals surface area contributed by atoms with E-state index in [1.165, 1.54) is 5.56 Å². The van der Waals surface area contributed by atoms with Crippen LogP contribution in [0.5, 0.6) is 5.75 Å². The zero-order chi connectivity index (χ0) is 21.7. The second-order valence-electron chi connectivity index (χ2n) is 7.28. The van der Waals surface area contributed by atoms with Gasteiger partial charge in [-0.2, -0.15) is 0 Å². The van der Waals surface area contributed by atoms with E-state index in [0.29, 0.717) is 38.2 Å². The maximum atomic E-state index is 12.6. The van der Waals surface area contributed by atoms with Crippen LogP contribution in [0, 0.1) is 13.8 Å². The number of hydrogen-bond acceptors (Lipinski definition) is 6. The maximum Gasteiger partial charge on any atom is 0.367 e. The molecule has 1 aliphatic rings. The molecule has 0 bridgehead atoms.